The molecule has 0 saturated carbocycles. The van der Waals surface area contributed by atoms with Gasteiger partial charge >= 0.3 is 0 Å². The number of aromatic nitrogens is 3. The molecule has 2 fully saturated rings. The van der Waals surface area contributed by atoms with Crippen molar-refractivity contribution in [3.8, 4) is 0 Å². The lowest BCUT2D eigenvalue weighted by Crippen LogP contribution is -2.39. The van der Waals surface area contributed by atoms with Gasteiger partial charge in [-0.05, 0) is 51.4 Å². The molecule has 23 heavy (non-hydrogen) atoms. The summed E-state index contributed by atoms with van der Waals surface area (Å²) in [6, 6.07) is 4.65. The second-order valence-electron chi connectivity index (χ2n) is 6.97. The topological polar surface area (TPSA) is 43.2 Å². The second-order valence-corrected chi connectivity index (χ2v) is 6.97. The quantitative estimate of drug-likeness (QED) is 0.874. The average molecular weight is 314 g/mol. The van der Waals surface area contributed by atoms with Crippen LogP contribution in [0, 0.1) is 0 Å². The van der Waals surface area contributed by atoms with Crippen LogP contribution in [0.5, 0.6) is 0 Å². The molecule has 124 valence electrons. The normalized spacial score (nSPS) is 26.7. The zero-order valence-corrected chi connectivity index (χ0v) is 13.9. The van der Waals surface area contributed by atoms with Crippen molar-refractivity contribution in [2.75, 3.05) is 26.8 Å². The van der Waals surface area contributed by atoms with Gasteiger partial charge in [0, 0.05) is 31.3 Å². The number of likely N-dealkylation sites (N-methyl/N-ethyl adjacent to an activating group) is 1. The van der Waals surface area contributed by atoms with Gasteiger partial charge in [-0.3, -0.25) is 0 Å². The first-order chi connectivity index (χ1) is 11.3. The minimum Gasteiger partial charge on any atom is -0.381 e. The molecule has 0 amide bonds. The third-order valence-corrected chi connectivity index (χ3v) is 5.37. The van der Waals surface area contributed by atoms with Gasteiger partial charge in [-0.2, -0.15) is 0 Å². The van der Waals surface area contributed by atoms with Gasteiger partial charge in [-0.25, -0.2) is 9.97 Å². The van der Waals surface area contributed by atoms with Crippen LogP contribution in [0.3, 0.4) is 0 Å². The van der Waals surface area contributed by atoms with E-state index in [1.54, 1.807) is 0 Å². The molecule has 2 aliphatic heterocycles. The Morgan fingerprint density at radius 1 is 1.26 bits per heavy atom. The maximum Gasteiger partial charge on any atom is 0.160 e. The highest BCUT2D eigenvalue weighted by molar-refractivity contribution is 5.71. The van der Waals surface area contributed by atoms with Crippen molar-refractivity contribution < 1.29 is 4.74 Å². The highest BCUT2D eigenvalue weighted by Gasteiger charge is 2.26. The Labute approximate surface area is 137 Å². The zero-order valence-electron chi connectivity index (χ0n) is 13.9. The van der Waals surface area contributed by atoms with Gasteiger partial charge in [0.25, 0.3) is 0 Å². The van der Waals surface area contributed by atoms with Crippen molar-refractivity contribution in [3.05, 3.63) is 24.2 Å². The molecule has 5 nitrogen and oxygen atoms in total. The van der Waals surface area contributed by atoms with Gasteiger partial charge in [0.1, 0.15) is 11.3 Å². The molecule has 2 unspecified atom stereocenters. The lowest BCUT2D eigenvalue weighted by Gasteiger charge is -2.33. The van der Waals surface area contributed by atoms with Crippen molar-refractivity contribution in [2.45, 2.75) is 50.6 Å². The van der Waals surface area contributed by atoms with Gasteiger partial charge in [0.05, 0.1) is 6.61 Å². The molecular formula is C18H26N4O. The first-order valence-corrected chi connectivity index (χ1v) is 8.92. The number of rotatable bonds is 3. The Hall–Kier alpha value is -1.46. The number of ether oxygens (including phenoxy) is 1. The summed E-state index contributed by atoms with van der Waals surface area (Å²) in [5.41, 5.74) is 2.05. The molecule has 0 aromatic carbocycles. The van der Waals surface area contributed by atoms with E-state index in [9.17, 15) is 0 Å². The monoisotopic (exact) mass is 314 g/mol. The minimum absolute atomic E-state index is 0.409. The van der Waals surface area contributed by atoms with Gasteiger partial charge in [0.15, 0.2) is 5.65 Å². The highest BCUT2D eigenvalue weighted by Crippen LogP contribution is 2.29. The third-order valence-electron chi connectivity index (χ3n) is 5.37. The molecular weight excluding hydrogens is 288 g/mol. The number of fused-ring (bicyclic) bond motifs is 1. The standard InChI is InChI=1S/C18H26N4O/c1-21-10-3-2-7-15(21)12-22-17(14-6-5-11-23-13-14)20-16-8-4-9-19-18(16)22/h4,8-9,14-15H,2-3,5-7,10-13H2,1H3. The fraction of sp³-hybridized carbons (Fsp3) is 0.667. The van der Waals surface area contributed by atoms with E-state index < -0.39 is 0 Å². The second kappa shape index (κ2) is 6.57. The van der Waals surface area contributed by atoms with E-state index in [0.717, 1.165) is 37.3 Å². The number of likely N-dealkylation sites (tertiary alicyclic amines) is 1. The smallest absolute Gasteiger partial charge is 0.160 e. The molecule has 0 spiro atoms. The number of nitrogens with zero attached hydrogens (tertiary/aromatic N) is 4. The summed E-state index contributed by atoms with van der Waals surface area (Å²) in [5, 5.41) is 0. The van der Waals surface area contributed by atoms with Gasteiger partial charge < -0.3 is 14.2 Å². The van der Waals surface area contributed by atoms with Crippen molar-refractivity contribution in [1.29, 1.82) is 0 Å². The number of hydrogen-bond acceptors (Lipinski definition) is 4. The van der Waals surface area contributed by atoms with Crippen LogP contribution < -0.4 is 0 Å². The van der Waals surface area contributed by atoms with E-state index in [-0.39, 0.29) is 0 Å². The van der Waals surface area contributed by atoms with Gasteiger partial charge in [-0.15, -0.1) is 0 Å². The Bertz CT molecular complexity index is 662. The van der Waals surface area contributed by atoms with Crippen LogP contribution in [0.1, 0.15) is 43.8 Å². The van der Waals surface area contributed by atoms with Crippen LogP contribution in [0.2, 0.25) is 0 Å². The van der Waals surface area contributed by atoms with E-state index in [0.29, 0.717) is 12.0 Å². The molecule has 2 aromatic heterocycles. The molecule has 0 N–H and O–H groups in total. The van der Waals surface area contributed by atoms with Crippen LogP contribution in [0.15, 0.2) is 18.3 Å². The number of piperidine rings is 1. The molecule has 2 aromatic rings. The van der Waals surface area contributed by atoms with Crippen molar-refractivity contribution >= 4 is 11.2 Å². The molecule has 2 atom stereocenters. The summed E-state index contributed by atoms with van der Waals surface area (Å²) in [6.07, 6.45) is 8.10. The molecule has 2 saturated heterocycles. The van der Waals surface area contributed by atoms with Crippen molar-refractivity contribution in [1.82, 2.24) is 19.4 Å². The third kappa shape index (κ3) is 3.00. The SMILES string of the molecule is CN1CCCCC1Cn1c(C2CCCOC2)nc2cccnc21. The van der Waals surface area contributed by atoms with Gasteiger partial charge in [-0.1, -0.05) is 6.42 Å². The average Bonchev–Trinajstić information content (AvgIpc) is 2.96. The number of imidazole rings is 1. The largest absolute Gasteiger partial charge is 0.381 e. The van der Waals surface area contributed by atoms with Crippen molar-refractivity contribution in [3.63, 3.8) is 0 Å². The summed E-state index contributed by atoms with van der Waals surface area (Å²) in [7, 11) is 2.25. The summed E-state index contributed by atoms with van der Waals surface area (Å²) in [4.78, 5) is 12.1. The van der Waals surface area contributed by atoms with E-state index >= 15 is 0 Å². The molecule has 5 heteroatoms. The first kappa shape index (κ1) is 15.1. The first-order valence-electron chi connectivity index (χ1n) is 8.92. The lowest BCUT2D eigenvalue weighted by molar-refractivity contribution is 0.0762. The Morgan fingerprint density at radius 2 is 2.22 bits per heavy atom. The van der Waals surface area contributed by atoms with Crippen LogP contribution in [0.25, 0.3) is 11.2 Å². The maximum absolute atomic E-state index is 5.71. The molecule has 4 rings (SSSR count). The number of hydrogen-bond donors (Lipinski definition) is 0. The van der Waals surface area contributed by atoms with Crippen LogP contribution in [-0.4, -0.2) is 52.3 Å². The summed E-state index contributed by atoms with van der Waals surface area (Å²) in [6.45, 7) is 3.88. The molecule has 0 radical (unpaired) electrons. The highest BCUT2D eigenvalue weighted by atomic mass is 16.5. The Kier molecular flexibility index (Phi) is 4.31. The predicted molar refractivity (Wildman–Crippen MR) is 90.6 cm³/mol. The zero-order chi connectivity index (χ0) is 15.6. The molecule has 4 heterocycles. The lowest BCUT2D eigenvalue weighted by atomic mass is 10.00. The van der Waals surface area contributed by atoms with Gasteiger partial charge in [0.2, 0.25) is 0 Å². The summed E-state index contributed by atoms with van der Waals surface area (Å²) >= 11 is 0. The van der Waals surface area contributed by atoms with E-state index in [4.69, 9.17) is 9.72 Å². The molecule has 2 aliphatic rings. The Balaban J connectivity index is 1.70. The molecule has 0 aliphatic carbocycles. The fourth-order valence-corrected chi connectivity index (χ4v) is 4.00. The fourth-order valence-electron chi connectivity index (χ4n) is 4.00. The van der Waals surface area contributed by atoms with E-state index in [1.807, 2.05) is 12.3 Å². The predicted octanol–water partition coefficient (Wildman–Crippen LogP) is 2.81. The van der Waals surface area contributed by atoms with Crippen LogP contribution in [-0.2, 0) is 11.3 Å². The number of pyridine rings is 1. The van der Waals surface area contributed by atoms with Crippen LogP contribution in [0.4, 0.5) is 0 Å². The Morgan fingerprint density at radius 3 is 3.04 bits per heavy atom. The van der Waals surface area contributed by atoms with Crippen molar-refractivity contribution in [2.24, 2.45) is 0 Å². The minimum atomic E-state index is 0.409. The summed E-state index contributed by atoms with van der Waals surface area (Å²) < 4.78 is 8.09. The summed E-state index contributed by atoms with van der Waals surface area (Å²) in [5.74, 6) is 1.59. The van der Waals surface area contributed by atoms with E-state index in [2.05, 4.69) is 27.6 Å². The van der Waals surface area contributed by atoms with E-state index in [1.165, 1.54) is 38.1 Å². The van der Waals surface area contributed by atoms with Crippen LogP contribution >= 0.6 is 0 Å². The molecule has 0 bridgehead atoms. The maximum atomic E-state index is 5.71.